The van der Waals surface area contributed by atoms with Crippen molar-refractivity contribution >= 4 is 34.4 Å². The molecule has 1 aliphatic carbocycles. The van der Waals surface area contributed by atoms with Crippen molar-refractivity contribution < 1.29 is 9.90 Å². The molecule has 1 amide bonds. The minimum atomic E-state index is -0.506. The summed E-state index contributed by atoms with van der Waals surface area (Å²) >= 11 is 6.37. The number of halogens is 1. The van der Waals surface area contributed by atoms with E-state index in [1.165, 1.54) is 0 Å². The van der Waals surface area contributed by atoms with Crippen LogP contribution in [0.25, 0.3) is 22.2 Å². The van der Waals surface area contributed by atoms with Crippen LogP contribution in [0.4, 0.5) is 5.82 Å². The zero-order valence-corrected chi connectivity index (χ0v) is 20.5. The molecule has 1 saturated heterocycles. The van der Waals surface area contributed by atoms with Crippen molar-refractivity contribution in [1.82, 2.24) is 25.6 Å². The second-order valence-electron chi connectivity index (χ2n) is 9.76. The van der Waals surface area contributed by atoms with Gasteiger partial charge in [0.05, 0.1) is 6.10 Å². The fraction of sp³-hybridized carbons (Fsp3) is 0.500. The van der Waals surface area contributed by atoms with Crippen molar-refractivity contribution in [2.75, 3.05) is 25.0 Å². The Balaban J connectivity index is 1.14. The molecule has 1 saturated carbocycles. The van der Waals surface area contributed by atoms with E-state index in [1.807, 2.05) is 30.5 Å². The highest BCUT2D eigenvalue weighted by atomic mass is 35.5. The second kappa shape index (κ2) is 10.9. The van der Waals surface area contributed by atoms with E-state index in [-0.39, 0.29) is 23.8 Å². The van der Waals surface area contributed by atoms with Gasteiger partial charge in [0.25, 0.3) is 0 Å². The van der Waals surface area contributed by atoms with E-state index in [0.29, 0.717) is 11.7 Å². The highest BCUT2D eigenvalue weighted by Crippen LogP contribution is 2.33. The Bertz CT molecular complexity index is 1150. The summed E-state index contributed by atoms with van der Waals surface area (Å²) in [5, 5.41) is 22.0. The highest BCUT2D eigenvalue weighted by Gasteiger charge is 2.28. The molecule has 8 nitrogen and oxygen atoms in total. The van der Waals surface area contributed by atoms with E-state index in [1.54, 1.807) is 6.20 Å². The van der Waals surface area contributed by atoms with Crippen LogP contribution in [-0.2, 0) is 4.79 Å². The fourth-order valence-corrected chi connectivity index (χ4v) is 5.59. The van der Waals surface area contributed by atoms with Crippen LogP contribution in [0.5, 0.6) is 0 Å². The Labute approximate surface area is 210 Å². The number of amides is 1. The molecule has 4 heterocycles. The van der Waals surface area contributed by atoms with Crippen LogP contribution >= 0.6 is 11.6 Å². The first-order valence-electron chi connectivity index (χ1n) is 12.6. The van der Waals surface area contributed by atoms with Crippen molar-refractivity contribution in [2.45, 2.75) is 50.7 Å². The van der Waals surface area contributed by atoms with Gasteiger partial charge in [-0.3, -0.25) is 4.79 Å². The molecule has 3 aromatic heterocycles. The number of carbonyl (C=O) groups excluding carboxylic acids is 1. The van der Waals surface area contributed by atoms with E-state index < -0.39 is 6.10 Å². The quantitative estimate of drug-likeness (QED) is 0.318. The summed E-state index contributed by atoms with van der Waals surface area (Å²) in [6.45, 7) is 2.11. The van der Waals surface area contributed by atoms with Gasteiger partial charge in [-0.2, -0.15) is 0 Å². The number of anilines is 1. The lowest BCUT2D eigenvalue weighted by Gasteiger charge is -2.32. The van der Waals surface area contributed by atoms with Gasteiger partial charge in [-0.25, -0.2) is 9.97 Å². The number of H-pyrrole nitrogens is 1. The van der Waals surface area contributed by atoms with Crippen molar-refractivity contribution in [2.24, 2.45) is 11.8 Å². The summed E-state index contributed by atoms with van der Waals surface area (Å²) < 4.78 is 0. The normalized spacial score (nSPS) is 22.1. The van der Waals surface area contributed by atoms with E-state index in [2.05, 4.69) is 30.9 Å². The van der Waals surface area contributed by atoms with Crippen LogP contribution in [0.1, 0.15) is 38.5 Å². The fourth-order valence-electron chi connectivity index (χ4n) is 5.38. The summed E-state index contributed by atoms with van der Waals surface area (Å²) in [5.41, 5.74) is 2.87. The van der Waals surface area contributed by atoms with Gasteiger partial charge in [-0.15, -0.1) is 0 Å². The van der Waals surface area contributed by atoms with Gasteiger partial charge in [0, 0.05) is 41.8 Å². The Morgan fingerprint density at radius 2 is 1.97 bits per heavy atom. The van der Waals surface area contributed by atoms with E-state index in [4.69, 9.17) is 11.6 Å². The van der Waals surface area contributed by atoms with Crippen molar-refractivity contribution in [3.05, 3.63) is 41.8 Å². The first kappa shape index (κ1) is 24.0. The lowest BCUT2D eigenvalue weighted by molar-refractivity contribution is -0.126. The van der Waals surface area contributed by atoms with Crippen LogP contribution in [0, 0.1) is 11.8 Å². The van der Waals surface area contributed by atoms with Crippen LogP contribution in [0.2, 0.25) is 5.15 Å². The Hall–Kier alpha value is -2.68. The minimum absolute atomic E-state index is 0.0685. The maximum atomic E-state index is 12.4. The third-order valence-corrected chi connectivity index (χ3v) is 7.61. The molecule has 186 valence electrons. The number of nitrogens with zero attached hydrogens (tertiary/aromatic N) is 2. The smallest absolute Gasteiger partial charge is 0.223 e. The van der Waals surface area contributed by atoms with Crippen LogP contribution in [0.3, 0.4) is 0 Å². The number of fused-ring (bicyclic) bond motifs is 1. The molecule has 1 unspecified atom stereocenters. The van der Waals surface area contributed by atoms with E-state index in [0.717, 1.165) is 79.6 Å². The zero-order chi connectivity index (χ0) is 24.2. The van der Waals surface area contributed by atoms with Crippen molar-refractivity contribution in [3.8, 4) is 11.1 Å². The third kappa shape index (κ3) is 5.77. The standard InChI is InChI=1S/C26H33ClN6O2/c27-23-12-18(21-14-30-25-20(21)2-1-9-29-25)13-24(33-23)32-19-5-3-16(4-6-19)22(34)15-31-26(35)17-7-10-28-11-8-17/h1-2,9,12-14,16-17,19,22,28,34H,3-8,10-11,15H2,(H,29,30)(H,31,35)(H,32,33). The average Bonchev–Trinajstić information content (AvgIpc) is 3.32. The molecule has 5 N–H and O–H groups in total. The number of aliphatic hydroxyl groups excluding tert-OH is 1. The molecule has 3 aromatic rings. The molecule has 0 bridgehead atoms. The number of pyridine rings is 2. The maximum Gasteiger partial charge on any atom is 0.223 e. The van der Waals surface area contributed by atoms with Crippen LogP contribution < -0.4 is 16.0 Å². The summed E-state index contributed by atoms with van der Waals surface area (Å²) in [6, 6.07) is 8.13. The molecule has 2 fully saturated rings. The number of piperidine rings is 1. The van der Waals surface area contributed by atoms with E-state index in [9.17, 15) is 9.90 Å². The number of nitrogens with one attached hydrogen (secondary N) is 4. The number of aromatic nitrogens is 3. The van der Waals surface area contributed by atoms with Gasteiger partial charge in [0.2, 0.25) is 5.91 Å². The predicted molar refractivity (Wildman–Crippen MR) is 138 cm³/mol. The van der Waals surface area contributed by atoms with Gasteiger partial charge < -0.3 is 26.0 Å². The number of aromatic amines is 1. The molecule has 5 rings (SSSR count). The third-order valence-electron chi connectivity index (χ3n) is 7.42. The summed E-state index contributed by atoms with van der Waals surface area (Å²) in [6.07, 6.45) is 8.63. The average molecular weight is 497 g/mol. The summed E-state index contributed by atoms with van der Waals surface area (Å²) in [4.78, 5) is 24.4. The Morgan fingerprint density at radius 3 is 2.77 bits per heavy atom. The molecular weight excluding hydrogens is 464 g/mol. The van der Waals surface area contributed by atoms with Gasteiger partial charge in [-0.1, -0.05) is 11.6 Å². The van der Waals surface area contributed by atoms with E-state index >= 15 is 0 Å². The summed E-state index contributed by atoms with van der Waals surface area (Å²) in [7, 11) is 0. The minimum Gasteiger partial charge on any atom is -0.391 e. The first-order valence-corrected chi connectivity index (χ1v) is 13.0. The lowest BCUT2D eigenvalue weighted by atomic mass is 9.82. The van der Waals surface area contributed by atoms with Gasteiger partial charge >= 0.3 is 0 Å². The molecule has 1 atom stereocenters. The first-order chi connectivity index (χ1) is 17.1. The zero-order valence-electron chi connectivity index (χ0n) is 19.8. The van der Waals surface area contributed by atoms with Gasteiger partial charge in [0.1, 0.15) is 16.6 Å². The molecule has 35 heavy (non-hydrogen) atoms. The number of hydrogen-bond donors (Lipinski definition) is 5. The van der Waals surface area contributed by atoms with Crippen LogP contribution in [0.15, 0.2) is 36.7 Å². The van der Waals surface area contributed by atoms with Crippen molar-refractivity contribution in [1.29, 1.82) is 0 Å². The molecule has 1 aliphatic heterocycles. The molecule has 9 heteroatoms. The number of carbonyl (C=O) groups is 1. The Kier molecular flexibility index (Phi) is 7.51. The Morgan fingerprint density at radius 1 is 1.17 bits per heavy atom. The molecule has 2 aliphatic rings. The molecular formula is C26H33ClN6O2. The van der Waals surface area contributed by atoms with Gasteiger partial charge in [0.15, 0.2) is 0 Å². The molecule has 0 aromatic carbocycles. The second-order valence-corrected chi connectivity index (χ2v) is 10.1. The molecule has 0 spiro atoms. The SMILES string of the molecule is O=C(NCC(O)C1CCC(Nc2cc(-c3c[nH]c4ncccc34)cc(Cl)n2)CC1)C1CCNCC1. The number of hydrogen-bond acceptors (Lipinski definition) is 6. The van der Waals surface area contributed by atoms with Gasteiger partial charge in [-0.05, 0) is 87.4 Å². The lowest BCUT2D eigenvalue weighted by Crippen LogP contribution is -2.43. The number of aliphatic hydroxyl groups is 1. The molecule has 0 radical (unpaired) electrons. The largest absolute Gasteiger partial charge is 0.391 e. The van der Waals surface area contributed by atoms with Crippen LogP contribution in [-0.4, -0.2) is 57.7 Å². The highest BCUT2D eigenvalue weighted by molar-refractivity contribution is 6.29. The maximum absolute atomic E-state index is 12.4. The predicted octanol–water partition coefficient (Wildman–Crippen LogP) is 3.73. The van der Waals surface area contributed by atoms with Crippen molar-refractivity contribution in [3.63, 3.8) is 0 Å². The number of rotatable bonds is 7. The monoisotopic (exact) mass is 496 g/mol. The topological polar surface area (TPSA) is 115 Å². The summed E-state index contributed by atoms with van der Waals surface area (Å²) in [5.74, 6) is 1.10.